The smallest absolute Gasteiger partial charge is 0.224 e. The highest BCUT2D eigenvalue weighted by molar-refractivity contribution is 5.79. The van der Waals surface area contributed by atoms with Crippen molar-refractivity contribution in [3.8, 4) is 5.75 Å². The molecule has 0 fully saturated rings. The summed E-state index contributed by atoms with van der Waals surface area (Å²) in [6, 6.07) is 6.93. The van der Waals surface area contributed by atoms with Crippen LogP contribution in [0.15, 0.2) is 35.9 Å². The van der Waals surface area contributed by atoms with Gasteiger partial charge in [0.1, 0.15) is 5.75 Å². The van der Waals surface area contributed by atoms with Crippen molar-refractivity contribution in [2.75, 3.05) is 0 Å². The van der Waals surface area contributed by atoms with Crippen molar-refractivity contribution in [2.24, 2.45) is 0 Å². The van der Waals surface area contributed by atoms with Crippen LogP contribution in [0.5, 0.6) is 5.75 Å². The van der Waals surface area contributed by atoms with Crippen LogP contribution in [0.2, 0.25) is 0 Å². The molecule has 0 heterocycles. The number of hydrogen-bond donors (Lipinski definition) is 2. The lowest BCUT2D eigenvalue weighted by Crippen LogP contribution is -2.26. The molecular weight excluding hydrogens is 238 g/mol. The van der Waals surface area contributed by atoms with Gasteiger partial charge in [0, 0.05) is 6.42 Å². The zero-order valence-corrected chi connectivity index (χ0v) is 11.4. The summed E-state index contributed by atoms with van der Waals surface area (Å²) in [5, 5.41) is 12.4. The molecule has 1 amide bonds. The van der Waals surface area contributed by atoms with E-state index in [1.54, 1.807) is 18.2 Å². The van der Waals surface area contributed by atoms with Crippen LogP contribution in [0, 0.1) is 0 Å². The van der Waals surface area contributed by atoms with Crippen LogP contribution in [0.1, 0.15) is 50.6 Å². The van der Waals surface area contributed by atoms with Gasteiger partial charge in [0.25, 0.3) is 0 Å². The number of nitrogens with one attached hydrogen (secondary N) is 1. The molecule has 0 saturated carbocycles. The third-order valence-electron chi connectivity index (χ3n) is 3.52. The van der Waals surface area contributed by atoms with E-state index in [0.717, 1.165) is 18.4 Å². The van der Waals surface area contributed by atoms with Crippen LogP contribution >= 0.6 is 0 Å². The first-order valence-electron chi connectivity index (χ1n) is 6.91. The SMILES string of the molecule is C[C@@H](NC(=O)CC1=CCCCC1)c1cccc(O)c1. The highest BCUT2D eigenvalue weighted by atomic mass is 16.3. The summed E-state index contributed by atoms with van der Waals surface area (Å²) < 4.78 is 0. The molecule has 0 spiro atoms. The number of carbonyl (C=O) groups excluding carboxylic acids is 1. The van der Waals surface area contributed by atoms with E-state index in [1.165, 1.54) is 18.4 Å². The number of rotatable bonds is 4. The van der Waals surface area contributed by atoms with Crippen molar-refractivity contribution in [1.29, 1.82) is 0 Å². The molecule has 1 aliphatic carbocycles. The number of hydrogen-bond acceptors (Lipinski definition) is 2. The number of allylic oxidation sites excluding steroid dienone is 1. The summed E-state index contributed by atoms with van der Waals surface area (Å²) >= 11 is 0. The molecule has 0 saturated heterocycles. The van der Waals surface area contributed by atoms with E-state index in [1.807, 2.05) is 13.0 Å². The fourth-order valence-corrected chi connectivity index (χ4v) is 2.44. The fourth-order valence-electron chi connectivity index (χ4n) is 2.44. The first kappa shape index (κ1) is 13.7. The highest BCUT2D eigenvalue weighted by Crippen LogP contribution is 2.21. The zero-order chi connectivity index (χ0) is 13.7. The molecule has 0 radical (unpaired) electrons. The van der Waals surface area contributed by atoms with Crippen LogP contribution in [-0.2, 0) is 4.79 Å². The van der Waals surface area contributed by atoms with Gasteiger partial charge in [-0.25, -0.2) is 0 Å². The number of benzene rings is 1. The van der Waals surface area contributed by atoms with Crippen molar-refractivity contribution in [2.45, 2.75) is 45.1 Å². The molecule has 1 aromatic rings. The molecule has 1 atom stereocenters. The summed E-state index contributed by atoms with van der Waals surface area (Å²) in [5.74, 6) is 0.289. The van der Waals surface area contributed by atoms with Crippen molar-refractivity contribution in [3.05, 3.63) is 41.5 Å². The second-order valence-electron chi connectivity index (χ2n) is 5.17. The lowest BCUT2D eigenvalue weighted by molar-refractivity contribution is -0.121. The Kier molecular flexibility index (Phi) is 4.61. The summed E-state index contributed by atoms with van der Waals surface area (Å²) in [4.78, 5) is 12.0. The lowest BCUT2D eigenvalue weighted by Gasteiger charge is -2.17. The minimum absolute atomic E-state index is 0.0593. The van der Waals surface area contributed by atoms with Crippen LogP contribution in [0.4, 0.5) is 0 Å². The fraction of sp³-hybridized carbons (Fsp3) is 0.438. The monoisotopic (exact) mass is 259 g/mol. The number of carbonyl (C=O) groups is 1. The van der Waals surface area contributed by atoms with Crippen LogP contribution in [0.3, 0.4) is 0 Å². The van der Waals surface area contributed by atoms with E-state index in [-0.39, 0.29) is 17.7 Å². The molecule has 2 rings (SSSR count). The lowest BCUT2D eigenvalue weighted by atomic mass is 9.97. The van der Waals surface area contributed by atoms with Crippen LogP contribution in [-0.4, -0.2) is 11.0 Å². The third kappa shape index (κ3) is 4.12. The predicted molar refractivity (Wildman–Crippen MR) is 75.8 cm³/mol. The Morgan fingerprint density at radius 3 is 2.95 bits per heavy atom. The predicted octanol–water partition coefficient (Wildman–Crippen LogP) is 3.46. The molecule has 0 aliphatic heterocycles. The molecule has 1 aliphatic rings. The summed E-state index contributed by atoms with van der Waals surface area (Å²) in [7, 11) is 0. The zero-order valence-electron chi connectivity index (χ0n) is 11.4. The molecular formula is C16H21NO2. The first-order valence-corrected chi connectivity index (χ1v) is 6.91. The van der Waals surface area contributed by atoms with E-state index < -0.39 is 0 Å². The Balaban J connectivity index is 1.89. The third-order valence-corrected chi connectivity index (χ3v) is 3.52. The maximum absolute atomic E-state index is 12.0. The van der Waals surface area contributed by atoms with Gasteiger partial charge in [-0.3, -0.25) is 4.79 Å². The molecule has 19 heavy (non-hydrogen) atoms. The normalized spacial score (nSPS) is 16.6. The van der Waals surface area contributed by atoms with Crippen molar-refractivity contribution >= 4 is 5.91 Å². The van der Waals surface area contributed by atoms with Gasteiger partial charge in [-0.15, -0.1) is 0 Å². The van der Waals surface area contributed by atoms with Gasteiger partial charge in [-0.05, 0) is 50.3 Å². The molecule has 0 aromatic heterocycles. The van der Waals surface area contributed by atoms with E-state index in [9.17, 15) is 9.90 Å². The average Bonchev–Trinajstić information content (AvgIpc) is 2.39. The maximum Gasteiger partial charge on any atom is 0.224 e. The first-order chi connectivity index (χ1) is 9.15. The van der Waals surface area contributed by atoms with Crippen molar-refractivity contribution < 1.29 is 9.90 Å². The van der Waals surface area contributed by atoms with E-state index in [0.29, 0.717) is 6.42 Å². The minimum Gasteiger partial charge on any atom is -0.508 e. The molecule has 2 N–H and O–H groups in total. The Morgan fingerprint density at radius 1 is 1.42 bits per heavy atom. The Morgan fingerprint density at radius 2 is 2.26 bits per heavy atom. The molecule has 0 unspecified atom stereocenters. The van der Waals surface area contributed by atoms with Gasteiger partial charge in [-0.1, -0.05) is 23.8 Å². The Hall–Kier alpha value is -1.77. The Labute approximate surface area is 114 Å². The van der Waals surface area contributed by atoms with Gasteiger partial charge >= 0.3 is 0 Å². The second kappa shape index (κ2) is 6.41. The summed E-state index contributed by atoms with van der Waals surface area (Å²) in [6.45, 7) is 1.93. The number of phenols is 1. The largest absolute Gasteiger partial charge is 0.508 e. The molecule has 102 valence electrons. The molecule has 1 aromatic carbocycles. The number of phenolic OH excluding ortho intramolecular Hbond substituents is 1. The van der Waals surface area contributed by atoms with Gasteiger partial charge in [0.2, 0.25) is 5.91 Å². The van der Waals surface area contributed by atoms with Crippen LogP contribution < -0.4 is 5.32 Å². The van der Waals surface area contributed by atoms with Gasteiger partial charge in [-0.2, -0.15) is 0 Å². The average molecular weight is 259 g/mol. The van der Waals surface area contributed by atoms with Gasteiger partial charge < -0.3 is 10.4 Å². The molecule has 3 nitrogen and oxygen atoms in total. The van der Waals surface area contributed by atoms with Crippen molar-refractivity contribution in [1.82, 2.24) is 5.32 Å². The van der Waals surface area contributed by atoms with E-state index >= 15 is 0 Å². The standard InChI is InChI=1S/C16H21NO2/c1-12(14-8-5-9-15(18)11-14)17-16(19)10-13-6-3-2-4-7-13/h5-6,8-9,11-12,18H,2-4,7,10H2,1H3,(H,17,19)/t12-/m1/s1. The van der Waals surface area contributed by atoms with E-state index in [2.05, 4.69) is 11.4 Å². The van der Waals surface area contributed by atoms with Gasteiger partial charge in [0.05, 0.1) is 6.04 Å². The second-order valence-corrected chi connectivity index (χ2v) is 5.17. The highest BCUT2D eigenvalue weighted by Gasteiger charge is 2.12. The Bertz CT molecular complexity index is 479. The van der Waals surface area contributed by atoms with Crippen molar-refractivity contribution in [3.63, 3.8) is 0 Å². The van der Waals surface area contributed by atoms with Gasteiger partial charge in [0.15, 0.2) is 0 Å². The topological polar surface area (TPSA) is 49.3 Å². The quantitative estimate of drug-likeness (QED) is 0.813. The molecule has 3 heteroatoms. The van der Waals surface area contributed by atoms with Crippen LogP contribution in [0.25, 0.3) is 0 Å². The molecule has 0 bridgehead atoms. The summed E-state index contributed by atoms with van der Waals surface area (Å²) in [5.41, 5.74) is 2.18. The van der Waals surface area contributed by atoms with E-state index in [4.69, 9.17) is 0 Å². The number of aromatic hydroxyl groups is 1. The minimum atomic E-state index is -0.0798. The maximum atomic E-state index is 12.0. The number of amides is 1. The summed E-state index contributed by atoms with van der Waals surface area (Å²) in [6.07, 6.45) is 7.29.